The van der Waals surface area contributed by atoms with Crippen LogP contribution in [0.3, 0.4) is 0 Å². The van der Waals surface area contributed by atoms with Gasteiger partial charge in [0.15, 0.2) is 5.16 Å². The molecular formula is C14H15N5S2. The molecule has 0 saturated carbocycles. The van der Waals surface area contributed by atoms with E-state index >= 15 is 0 Å². The fraction of sp³-hybridized carbons (Fsp3) is 0.429. The predicted octanol–water partition coefficient (Wildman–Crippen LogP) is 3.08. The van der Waals surface area contributed by atoms with E-state index in [2.05, 4.69) is 20.2 Å². The topological polar surface area (TPSA) is 56.5 Å². The number of aryl methyl sites for hydroxylation is 4. The summed E-state index contributed by atoms with van der Waals surface area (Å²) in [7, 11) is 1.99. The van der Waals surface area contributed by atoms with Gasteiger partial charge in [0.25, 0.3) is 0 Å². The van der Waals surface area contributed by atoms with Gasteiger partial charge in [0.2, 0.25) is 0 Å². The van der Waals surface area contributed by atoms with Gasteiger partial charge in [0.05, 0.1) is 0 Å². The van der Waals surface area contributed by atoms with Crippen molar-refractivity contribution in [2.24, 2.45) is 7.05 Å². The van der Waals surface area contributed by atoms with Crippen LogP contribution in [0.25, 0.3) is 10.2 Å². The Hall–Kier alpha value is -1.47. The van der Waals surface area contributed by atoms with E-state index in [1.807, 2.05) is 36.8 Å². The molecule has 0 amide bonds. The lowest BCUT2D eigenvalue weighted by Gasteiger charge is -2.05. The Morgan fingerprint density at radius 1 is 1.14 bits per heavy atom. The number of hydrogen-bond donors (Lipinski definition) is 0. The Morgan fingerprint density at radius 2 is 2.00 bits per heavy atom. The van der Waals surface area contributed by atoms with E-state index in [-0.39, 0.29) is 0 Å². The van der Waals surface area contributed by atoms with Crippen molar-refractivity contribution in [3.63, 3.8) is 0 Å². The molecule has 0 unspecified atom stereocenters. The Labute approximate surface area is 130 Å². The molecule has 0 fully saturated rings. The number of rotatable bonds is 2. The highest BCUT2D eigenvalue weighted by atomic mass is 32.2. The van der Waals surface area contributed by atoms with E-state index in [4.69, 9.17) is 0 Å². The highest BCUT2D eigenvalue weighted by Crippen LogP contribution is 2.41. The monoisotopic (exact) mass is 317 g/mol. The molecule has 108 valence electrons. The molecule has 1 aliphatic rings. The van der Waals surface area contributed by atoms with Crippen molar-refractivity contribution in [2.45, 2.75) is 43.3 Å². The Morgan fingerprint density at radius 3 is 2.76 bits per heavy atom. The maximum atomic E-state index is 4.67. The van der Waals surface area contributed by atoms with E-state index in [0.717, 1.165) is 33.1 Å². The molecule has 4 rings (SSSR count). The second-order valence-electron chi connectivity index (χ2n) is 5.30. The fourth-order valence-electron chi connectivity index (χ4n) is 2.70. The number of thiophene rings is 1. The lowest BCUT2D eigenvalue weighted by atomic mass is 10.2. The van der Waals surface area contributed by atoms with Gasteiger partial charge in [-0.05, 0) is 50.4 Å². The summed E-state index contributed by atoms with van der Waals surface area (Å²) in [6, 6.07) is 0. The first kappa shape index (κ1) is 13.2. The van der Waals surface area contributed by atoms with E-state index < -0.39 is 0 Å². The SMILES string of the molecule is Cc1nc(Sc2nnc(C)n2C)c2c3c(sc2n1)CCC3. The molecule has 0 bridgehead atoms. The summed E-state index contributed by atoms with van der Waals surface area (Å²) in [6.07, 6.45) is 3.58. The van der Waals surface area contributed by atoms with Crippen molar-refractivity contribution in [3.8, 4) is 0 Å². The molecule has 21 heavy (non-hydrogen) atoms. The molecular weight excluding hydrogens is 302 g/mol. The van der Waals surface area contributed by atoms with Gasteiger partial charge >= 0.3 is 0 Å². The van der Waals surface area contributed by atoms with Gasteiger partial charge in [-0.3, -0.25) is 0 Å². The molecule has 5 nitrogen and oxygen atoms in total. The molecule has 0 spiro atoms. The summed E-state index contributed by atoms with van der Waals surface area (Å²) in [4.78, 5) is 11.9. The molecule has 3 aromatic rings. The third-order valence-electron chi connectivity index (χ3n) is 3.88. The molecule has 0 aliphatic heterocycles. The van der Waals surface area contributed by atoms with Crippen LogP contribution in [-0.2, 0) is 19.9 Å². The highest BCUT2D eigenvalue weighted by molar-refractivity contribution is 7.99. The van der Waals surface area contributed by atoms with Gasteiger partial charge in [-0.2, -0.15) is 0 Å². The lowest BCUT2D eigenvalue weighted by molar-refractivity contribution is 0.764. The minimum atomic E-state index is 0.823. The first-order valence-corrected chi connectivity index (χ1v) is 8.59. The molecule has 1 aliphatic carbocycles. The molecule has 0 atom stereocenters. The summed E-state index contributed by atoms with van der Waals surface area (Å²) in [5.41, 5.74) is 1.45. The summed E-state index contributed by atoms with van der Waals surface area (Å²) in [5, 5.41) is 11.5. The maximum Gasteiger partial charge on any atom is 0.197 e. The average molecular weight is 317 g/mol. The molecule has 0 aromatic carbocycles. The van der Waals surface area contributed by atoms with Gasteiger partial charge < -0.3 is 4.57 Å². The molecule has 0 radical (unpaired) electrons. The minimum absolute atomic E-state index is 0.823. The largest absolute Gasteiger partial charge is 0.309 e. The van der Waals surface area contributed by atoms with Crippen LogP contribution in [0.2, 0.25) is 0 Å². The van der Waals surface area contributed by atoms with Crippen LogP contribution < -0.4 is 0 Å². The van der Waals surface area contributed by atoms with Gasteiger partial charge in [-0.15, -0.1) is 21.5 Å². The van der Waals surface area contributed by atoms with Crippen LogP contribution in [0.4, 0.5) is 0 Å². The summed E-state index contributed by atoms with van der Waals surface area (Å²) >= 11 is 3.42. The van der Waals surface area contributed by atoms with Crippen LogP contribution in [0, 0.1) is 13.8 Å². The Kier molecular flexibility index (Phi) is 3.00. The van der Waals surface area contributed by atoms with Crippen molar-refractivity contribution in [2.75, 3.05) is 0 Å². The quantitative estimate of drug-likeness (QED) is 0.680. The number of nitrogens with zero attached hydrogens (tertiary/aromatic N) is 5. The zero-order valence-corrected chi connectivity index (χ0v) is 13.8. The van der Waals surface area contributed by atoms with Crippen molar-refractivity contribution in [3.05, 3.63) is 22.1 Å². The van der Waals surface area contributed by atoms with E-state index in [9.17, 15) is 0 Å². The normalized spacial score (nSPS) is 14.0. The van der Waals surface area contributed by atoms with Crippen LogP contribution in [-0.4, -0.2) is 24.7 Å². The van der Waals surface area contributed by atoms with Crippen molar-refractivity contribution < 1.29 is 0 Å². The van der Waals surface area contributed by atoms with E-state index in [1.165, 1.54) is 28.7 Å². The minimum Gasteiger partial charge on any atom is -0.309 e. The van der Waals surface area contributed by atoms with E-state index in [1.54, 1.807) is 11.8 Å². The molecule has 3 heterocycles. The third-order valence-corrected chi connectivity index (χ3v) is 6.10. The zero-order chi connectivity index (χ0) is 14.6. The van der Waals surface area contributed by atoms with Crippen LogP contribution in [0.5, 0.6) is 0 Å². The Bertz CT molecular complexity index is 849. The first-order valence-electron chi connectivity index (χ1n) is 6.96. The molecule has 3 aromatic heterocycles. The predicted molar refractivity (Wildman–Crippen MR) is 84.0 cm³/mol. The van der Waals surface area contributed by atoms with E-state index in [0.29, 0.717) is 0 Å². The highest BCUT2D eigenvalue weighted by Gasteiger charge is 2.23. The van der Waals surface area contributed by atoms with Gasteiger partial charge in [-0.25, -0.2) is 9.97 Å². The molecule has 7 heteroatoms. The lowest BCUT2D eigenvalue weighted by Crippen LogP contribution is -1.96. The molecule has 0 N–H and O–H groups in total. The van der Waals surface area contributed by atoms with Crippen molar-refractivity contribution in [1.82, 2.24) is 24.7 Å². The maximum absolute atomic E-state index is 4.67. The summed E-state index contributed by atoms with van der Waals surface area (Å²) in [5.74, 6) is 1.74. The molecule has 0 saturated heterocycles. The second kappa shape index (κ2) is 4.78. The van der Waals surface area contributed by atoms with Crippen LogP contribution >= 0.6 is 23.1 Å². The average Bonchev–Trinajstić information content (AvgIpc) is 3.08. The van der Waals surface area contributed by atoms with Gasteiger partial charge in [0, 0.05) is 17.3 Å². The fourth-order valence-corrected chi connectivity index (χ4v) is 5.10. The Balaban J connectivity index is 1.89. The summed E-state index contributed by atoms with van der Waals surface area (Å²) < 4.78 is 2.00. The second-order valence-corrected chi connectivity index (χ2v) is 7.34. The van der Waals surface area contributed by atoms with Crippen LogP contribution in [0.15, 0.2) is 10.2 Å². The number of aromatic nitrogens is 5. The number of fused-ring (bicyclic) bond motifs is 3. The standard InChI is InChI=1S/C14H15N5S2/c1-7-15-12-11(9-5-4-6-10(9)20-12)13(16-7)21-14-18-17-8(2)19(14)3/h4-6H2,1-3H3. The smallest absolute Gasteiger partial charge is 0.197 e. The van der Waals surface area contributed by atoms with Gasteiger partial charge in [0.1, 0.15) is 21.5 Å². The van der Waals surface area contributed by atoms with Crippen molar-refractivity contribution in [1.29, 1.82) is 0 Å². The van der Waals surface area contributed by atoms with Crippen LogP contribution in [0.1, 0.15) is 28.5 Å². The third kappa shape index (κ3) is 2.06. The number of hydrogen-bond acceptors (Lipinski definition) is 6. The summed E-state index contributed by atoms with van der Waals surface area (Å²) in [6.45, 7) is 3.91. The van der Waals surface area contributed by atoms with Crippen molar-refractivity contribution >= 4 is 33.3 Å². The first-order chi connectivity index (χ1) is 10.1. The zero-order valence-electron chi connectivity index (χ0n) is 12.2. The van der Waals surface area contributed by atoms with Gasteiger partial charge in [-0.1, -0.05) is 0 Å².